The number of anilines is 3. The van der Waals surface area contributed by atoms with Crippen molar-refractivity contribution < 1.29 is 0 Å². The summed E-state index contributed by atoms with van der Waals surface area (Å²) in [6.45, 7) is 12.9. The maximum Gasteiger partial charge on any atom is 0.0892 e. The zero-order valence-electron chi connectivity index (χ0n) is 22.6. The van der Waals surface area contributed by atoms with E-state index in [-0.39, 0.29) is 6.04 Å². The van der Waals surface area contributed by atoms with Crippen LogP contribution in [-0.2, 0) is 0 Å². The summed E-state index contributed by atoms with van der Waals surface area (Å²) in [6.07, 6.45) is 11.1. The fourth-order valence-corrected chi connectivity index (χ4v) is 4.73. The highest BCUT2D eigenvalue weighted by atomic mass is 15.5. The largest absolute Gasteiger partial charge is 0.372 e. The highest BCUT2D eigenvalue weighted by Gasteiger charge is 2.21. The Morgan fingerprint density at radius 2 is 1.16 bits per heavy atom. The Balaban J connectivity index is 1.51. The highest BCUT2D eigenvalue weighted by Crippen LogP contribution is 2.24. The molecule has 1 unspecified atom stereocenters. The van der Waals surface area contributed by atoms with E-state index in [0.717, 1.165) is 37.6 Å². The van der Waals surface area contributed by atoms with Crippen LogP contribution in [-0.4, -0.2) is 32.2 Å². The second-order valence-corrected chi connectivity index (χ2v) is 9.15. The van der Waals surface area contributed by atoms with Crippen LogP contribution in [0.1, 0.15) is 38.8 Å². The van der Waals surface area contributed by atoms with Crippen molar-refractivity contribution in [3.63, 3.8) is 0 Å². The zero-order valence-corrected chi connectivity index (χ0v) is 22.6. The minimum Gasteiger partial charge on any atom is -0.372 e. The number of para-hydroxylation sites is 1. The highest BCUT2D eigenvalue weighted by molar-refractivity contribution is 5.62. The second-order valence-electron chi connectivity index (χ2n) is 9.15. The van der Waals surface area contributed by atoms with E-state index in [1.54, 1.807) is 0 Å². The van der Waals surface area contributed by atoms with Crippen molar-refractivity contribution in [2.24, 2.45) is 0 Å². The predicted octanol–water partition coefficient (Wildman–Crippen LogP) is 7.38. The van der Waals surface area contributed by atoms with Gasteiger partial charge in [-0.25, -0.2) is 0 Å². The summed E-state index contributed by atoms with van der Waals surface area (Å²) in [5.74, 6) is 0. The number of hydrogen-bond acceptors (Lipinski definition) is 4. The van der Waals surface area contributed by atoms with E-state index in [1.807, 2.05) is 0 Å². The van der Waals surface area contributed by atoms with Crippen molar-refractivity contribution in [1.82, 2.24) is 5.43 Å². The van der Waals surface area contributed by atoms with Gasteiger partial charge in [0.15, 0.2) is 0 Å². The number of allylic oxidation sites excluding steroid dienone is 1. The van der Waals surface area contributed by atoms with Gasteiger partial charge in [0.25, 0.3) is 0 Å². The first-order valence-corrected chi connectivity index (χ1v) is 13.5. The van der Waals surface area contributed by atoms with Crippen LogP contribution in [0, 0.1) is 0 Å². The van der Waals surface area contributed by atoms with Gasteiger partial charge in [0.05, 0.1) is 17.4 Å². The minimum absolute atomic E-state index is 0.106. The molecule has 0 spiro atoms. The molecule has 37 heavy (non-hydrogen) atoms. The molecule has 0 aromatic heterocycles. The number of hydrogen-bond donors (Lipinski definition) is 1. The third-order valence-corrected chi connectivity index (χ3v) is 6.92. The van der Waals surface area contributed by atoms with E-state index in [2.05, 4.69) is 157 Å². The van der Waals surface area contributed by atoms with E-state index < -0.39 is 0 Å². The fourth-order valence-electron chi connectivity index (χ4n) is 4.73. The van der Waals surface area contributed by atoms with Crippen molar-refractivity contribution in [1.29, 1.82) is 0 Å². The summed E-state index contributed by atoms with van der Waals surface area (Å²) in [4.78, 5) is 4.73. The van der Waals surface area contributed by atoms with Crippen molar-refractivity contribution in [2.75, 3.05) is 41.0 Å². The SMILES string of the molecule is CCN(CC)c1ccc(C=CC2=CC(C=Cc3ccc(N(CC)CC)cc3)N(c3ccccc3)N2)cc1. The summed E-state index contributed by atoms with van der Waals surface area (Å²) in [7, 11) is 0. The van der Waals surface area contributed by atoms with Gasteiger partial charge in [-0.2, -0.15) is 0 Å². The van der Waals surface area contributed by atoms with Crippen LogP contribution in [0.3, 0.4) is 0 Å². The van der Waals surface area contributed by atoms with Crippen molar-refractivity contribution in [3.05, 3.63) is 114 Å². The number of hydrazine groups is 1. The van der Waals surface area contributed by atoms with Crippen LogP contribution in [0.25, 0.3) is 12.2 Å². The number of nitrogens with zero attached hydrogens (tertiary/aromatic N) is 3. The first kappa shape index (κ1) is 26.2. The predicted molar refractivity (Wildman–Crippen MR) is 162 cm³/mol. The molecule has 0 saturated carbocycles. The minimum atomic E-state index is 0.106. The summed E-state index contributed by atoms with van der Waals surface area (Å²) in [6, 6.07) is 28.2. The first-order valence-electron chi connectivity index (χ1n) is 13.5. The van der Waals surface area contributed by atoms with Gasteiger partial charge < -0.3 is 9.80 Å². The second kappa shape index (κ2) is 12.9. The van der Waals surface area contributed by atoms with Crippen LogP contribution < -0.4 is 20.2 Å². The molecule has 0 aliphatic carbocycles. The lowest BCUT2D eigenvalue weighted by atomic mass is 10.1. The van der Waals surface area contributed by atoms with E-state index in [4.69, 9.17) is 0 Å². The molecular formula is C33H40N4. The van der Waals surface area contributed by atoms with E-state index >= 15 is 0 Å². The smallest absolute Gasteiger partial charge is 0.0892 e. The van der Waals surface area contributed by atoms with Crippen LogP contribution in [0.4, 0.5) is 17.1 Å². The Labute approximate surface area is 223 Å². The van der Waals surface area contributed by atoms with Gasteiger partial charge in [-0.05, 0) is 87.4 Å². The summed E-state index contributed by atoms with van der Waals surface area (Å²) < 4.78 is 0. The molecule has 0 bridgehead atoms. The van der Waals surface area contributed by atoms with E-state index in [0.29, 0.717) is 0 Å². The molecule has 1 aliphatic heterocycles. The van der Waals surface area contributed by atoms with Crippen LogP contribution >= 0.6 is 0 Å². The molecule has 192 valence electrons. The van der Waals surface area contributed by atoms with E-state index in [1.165, 1.54) is 22.5 Å². The van der Waals surface area contributed by atoms with Gasteiger partial charge in [-0.15, -0.1) is 0 Å². The number of benzene rings is 3. The van der Waals surface area contributed by atoms with Gasteiger partial charge in [-0.1, -0.05) is 60.7 Å². The maximum absolute atomic E-state index is 3.59. The van der Waals surface area contributed by atoms with Gasteiger partial charge in [0.1, 0.15) is 0 Å². The first-order chi connectivity index (χ1) is 18.1. The molecule has 1 aliphatic rings. The quantitative estimate of drug-likeness (QED) is 0.301. The molecule has 4 rings (SSSR count). The molecular weight excluding hydrogens is 452 g/mol. The van der Waals surface area contributed by atoms with Gasteiger partial charge >= 0.3 is 0 Å². The fraction of sp³-hybridized carbons (Fsp3) is 0.273. The molecule has 0 amide bonds. The van der Waals surface area contributed by atoms with Crippen molar-refractivity contribution in [2.45, 2.75) is 33.7 Å². The van der Waals surface area contributed by atoms with Gasteiger partial charge in [0, 0.05) is 37.6 Å². The average molecular weight is 493 g/mol. The van der Waals surface area contributed by atoms with Crippen LogP contribution in [0.2, 0.25) is 0 Å². The van der Waals surface area contributed by atoms with Gasteiger partial charge in [0.2, 0.25) is 0 Å². The zero-order chi connectivity index (χ0) is 26.0. The van der Waals surface area contributed by atoms with Gasteiger partial charge in [-0.3, -0.25) is 10.4 Å². The molecule has 4 nitrogen and oxygen atoms in total. The summed E-state index contributed by atoms with van der Waals surface area (Å²) >= 11 is 0. The molecule has 3 aromatic carbocycles. The average Bonchev–Trinajstić information content (AvgIpc) is 3.37. The van der Waals surface area contributed by atoms with Crippen molar-refractivity contribution >= 4 is 29.2 Å². The Bertz CT molecular complexity index is 1190. The molecule has 0 fully saturated rings. The molecule has 1 N–H and O–H groups in total. The Morgan fingerprint density at radius 1 is 0.649 bits per heavy atom. The third kappa shape index (κ3) is 6.65. The molecule has 3 aromatic rings. The molecule has 0 radical (unpaired) electrons. The molecule has 1 atom stereocenters. The number of nitrogens with one attached hydrogen (secondary N) is 1. The standard InChI is InChI=1S/C33H40N4/c1-5-35(6-2)30-21-15-27(16-22-30)14-20-29-26-33(37(34-29)32-12-10-9-11-13-32)25-19-28-17-23-31(24-18-28)36(7-3)8-4/h9-26,33-34H,5-8H2,1-4H3. The molecule has 1 heterocycles. The van der Waals surface area contributed by atoms with Crippen LogP contribution in [0.15, 0.2) is 103 Å². The van der Waals surface area contributed by atoms with Crippen molar-refractivity contribution in [3.8, 4) is 0 Å². The Morgan fingerprint density at radius 3 is 1.68 bits per heavy atom. The summed E-state index contributed by atoms with van der Waals surface area (Å²) in [5, 5.41) is 2.21. The Hall–Kier alpha value is -3.92. The lowest BCUT2D eigenvalue weighted by molar-refractivity contribution is 0.758. The maximum atomic E-state index is 3.59. The lowest BCUT2D eigenvalue weighted by Crippen LogP contribution is -2.37. The third-order valence-electron chi connectivity index (χ3n) is 6.92. The molecule has 4 heteroatoms. The topological polar surface area (TPSA) is 21.8 Å². The Kier molecular flexibility index (Phi) is 9.09. The summed E-state index contributed by atoms with van der Waals surface area (Å²) in [5.41, 5.74) is 10.8. The molecule has 0 saturated heterocycles. The van der Waals surface area contributed by atoms with E-state index in [9.17, 15) is 0 Å². The number of rotatable bonds is 11. The monoisotopic (exact) mass is 492 g/mol. The normalized spacial score (nSPS) is 15.3. The van der Waals surface area contributed by atoms with Crippen LogP contribution in [0.5, 0.6) is 0 Å². The lowest BCUT2D eigenvalue weighted by Gasteiger charge is -2.25.